The van der Waals surface area contributed by atoms with Gasteiger partial charge in [0.05, 0.1) is 6.61 Å². The summed E-state index contributed by atoms with van der Waals surface area (Å²) >= 11 is 0. The minimum atomic E-state index is 0.343. The van der Waals surface area contributed by atoms with E-state index in [2.05, 4.69) is 27.7 Å². The minimum Gasteiger partial charge on any atom is -0.491 e. The van der Waals surface area contributed by atoms with E-state index in [1.54, 1.807) is 0 Å². The van der Waals surface area contributed by atoms with Gasteiger partial charge in [0.1, 0.15) is 18.5 Å². The summed E-state index contributed by atoms with van der Waals surface area (Å²) in [5.41, 5.74) is 0. The first kappa shape index (κ1) is 20.3. The second kappa shape index (κ2) is 17.0. The second-order valence-electron chi connectivity index (χ2n) is 3.99. The molecule has 1 aliphatic heterocycles. The van der Waals surface area contributed by atoms with Crippen molar-refractivity contribution in [2.75, 3.05) is 13.2 Å². The Morgan fingerprint density at radius 2 is 1.42 bits per heavy atom. The molecule has 0 aromatic heterocycles. The molecule has 1 aromatic carbocycles. The van der Waals surface area contributed by atoms with Crippen molar-refractivity contribution in [3.63, 3.8) is 0 Å². The van der Waals surface area contributed by atoms with Crippen LogP contribution in [-0.2, 0) is 4.74 Å². The van der Waals surface area contributed by atoms with Gasteiger partial charge in [-0.2, -0.15) is 0 Å². The number of hydrogen-bond donors (Lipinski definition) is 0. The van der Waals surface area contributed by atoms with Crippen LogP contribution in [0.4, 0.5) is 0 Å². The summed E-state index contributed by atoms with van der Waals surface area (Å²) in [6.07, 6.45) is 2.84. The highest BCUT2D eigenvalue weighted by molar-refractivity contribution is 5.20. The molecule has 19 heavy (non-hydrogen) atoms. The average molecular weight is 268 g/mol. The van der Waals surface area contributed by atoms with Gasteiger partial charge in [-0.3, -0.25) is 0 Å². The molecule has 1 heterocycles. The Labute approximate surface area is 120 Å². The number of rotatable bonds is 3. The Morgan fingerprint density at radius 1 is 1.00 bits per heavy atom. The lowest BCUT2D eigenvalue weighted by Crippen LogP contribution is -2.03. The molecule has 0 saturated carbocycles. The first-order chi connectivity index (χ1) is 9.28. The van der Waals surface area contributed by atoms with Crippen LogP contribution in [0.2, 0.25) is 0 Å². The number of para-hydroxylation sites is 1. The predicted octanol–water partition coefficient (Wildman–Crippen LogP) is 5.32. The van der Waals surface area contributed by atoms with Crippen LogP contribution in [0, 0.1) is 0 Å². The summed E-state index contributed by atoms with van der Waals surface area (Å²) in [6, 6.07) is 9.79. The molecular weight excluding hydrogens is 236 g/mol. The van der Waals surface area contributed by atoms with Gasteiger partial charge in [0.25, 0.3) is 0 Å². The predicted molar refractivity (Wildman–Crippen MR) is 85.0 cm³/mol. The topological polar surface area (TPSA) is 21.8 Å². The Kier molecular flexibility index (Phi) is 18.1. The van der Waals surface area contributed by atoms with Crippen molar-refractivity contribution in [1.29, 1.82) is 0 Å². The smallest absolute Gasteiger partial charge is 0.119 e. The Hall–Kier alpha value is -1.02. The van der Waals surface area contributed by atoms with Crippen molar-refractivity contribution >= 4 is 0 Å². The second-order valence-corrected chi connectivity index (χ2v) is 3.99. The van der Waals surface area contributed by atoms with Gasteiger partial charge in [-0.1, -0.05) is 72.6 Å². The maximum Gasteiger partial charge on any atom is 0.119 e. The van der Waals surface area contributed by atoms with E-state index < -0.39 is 0 Å². The van der Waals surface area contributed by atoms with E-state index in [0.29, 0.717) is 12.7 Å². The molecule has 2 rings (SSSR count). The quantitative estimate of drug-likeness (QED) is 0.692. The molecule has 0 amide bonds. The van der Waals surface area contributed by atoms with Crippen molar-refractivity contribution < 1.29 is 9.47 Å². The molecule has 0 radical (unpaired) electrons. The highest BCUT2D eigenvalue weighted by Crippen LogP contribution is 2.13. The van der Waals surface area contributed by atoms with Crippen molar-refractivity contribution in [2.24, 2.45) is 0 Å². The fourth-order valence-electron chi connectivity index (χ4n) is 0.870. The van der Waals surface area contributed by atoms with Gasteiger partial charge in [-0.15, -0.1) is 0 Å². The molecule has 1 fully saturated rings. The highest BCUT2D eigenvalue weighted by Gasteiger charge is 2.22. The van der Waals surface area contributed by atoms with Crippen LogP contribution in [0.3, 0.4) is 0 Å². The largest absolute Gasteiger partial charge is 0.491 e. The minimum absolute atomic E-state index is 0.343. The first-order valence-electron chi connectivity index (χ1n) is 7.57. The summed E-state index contributed by atoms with van der Waals surface area (Å²) in [6.45, 7) is 14.0. The van der Waals surface area contributed by atoms with Gasteiger partial charge in [-0.25, -0.2) is 0 Å². The molecule has 2 nitrogen and oxygen atoms in total. The lowest BCUT2D eigenvalue weighted by Gasteiger charge is -2.01. The fourth-order valence-corrected chi connectivity index (χ4v) is 0.870. The van der Waals surface area contributed by atoms with E-state index in [0.717, 1.165) is 12.4 Å². The summed E-state index contributed by atoms with van der Waals surface area (Å²) in [5, 5.41) is 0. The van der Waals surface area contributed by atoms with Crippen LogP contribution in [0.1, 0.15) is 54.4 Å². The van der Waals surface area contributed by atoms with Gasteiger partial charge in [0, 0.05) is 0 Å². The van der Waals surface area contributed by atoms with E-state index in [-0.39, 0.29) is 0 Å². The van der Waals surface area contributed by atoms with Gasteiger partial charge in [0.2, 0.25) is 0 Å². The molecule has 1 aromatic rings. The van der Waals surface area contributed by atoms with Crippen LogP contribution in [0.5, 0.6) is 5.75 Å². The summed E-state index contributed by atoms with van der Waals surface area (Å²) in [4.78, 5) is 0. The molecule has 0 spiro atoms. The Bertz CT molecular complexity index is 241. The molecule has 0 N–H and O–H groups in total. The highest BCUT2D eigenvalue weighted by atomic mass is 16.6. The van der Waals surface area contributed by atoms with Crippen molar-refractivity contribution in [3.8, 4) is 5.75 Å². The van der Waals surface area contributed by atoms with Gasteiger partial charge >= 0.3 is 0 Å². The van der Waals surface area contributed by atoms with Crippen molar-refractivity contribution in [1.82, 2.24) is 0 Å². The summed E-state index contributed by atoms with van der Waals surface area (Å²) in [7, 11) is 0. The van der Waals surface area contributed by atoms with Crippen LogP contribution < -0.4 is 4.74 Å². The molecule has 1 unspecified atom stereocenters. The van der Waals surface area contributed by atoms with Gasteiger partial charge in [0.15, 0.2) is 0 Å². The van der Waals surface area contributed by atoms with Crippen LogP contribution >= 0.6 is 0 Å². The van der Waals surface area contributed by atoms with Gasteiger partial charge in [-0.05, 0) is 12.1 Å². The van der Waals surface area contributed by atoms with E-state index in [9.17, 15) is 0 Å². The average Bonchev–Trinajstić information content (AvgIpc) is 3.26. The molecule has 1 atom stereocenters. The third-order valence-corrected chi connectivity index (χ3v) is 1.58. The van der Waals surface area contributed by atoms with Gasteiger partial charge < -0.3 is 9.47 Å². The molecule has 2 heteroatoms. The molecule has 1 saturated heterocycles. The normalized spacial score (nSPS) is 14.5. The third kappa shape index (κ3) is 17.0. The number of hydrogen-bond acceptors (Lipinski definition) is 2. The first-order valence-corrected chi connectivity index (χ1v) is 7.57. The standard InChI is InChI=1S/C9H10O2.2C3H8.C2H6/c1-2-4-8(5-3-1)10-6-9-7-11-9;2*1-3-2;1-2/h1-5,9H,6-7H2;2*3H2,1-2H3;1-2H3. The number of epoxide rings is 1. The lowest BCUT2D eigenvalue weighted by atomic mass is 10.3. The zero-order valence-corrected chi connectivity index (χ0v) is 13.6. The van der Waals surface area contributed by atoms with Crippen molar-refractivity contribution in [2.45, 2.75) is 60.5 Å². The maximum atomic E-state index is 5.40. The lowest BCUT2D eigenvalue weighted by molar-refractivity contribution is 0.263. The molecule has 112 valence electrons. The fraction of sp³-hybridized carbons (Fsp3) is 0.647. The summed E-state index contributed by atoms with van der Waals surface area (Å²) in [5.74, 6) is 0.919. The molecule has 0 bridgehead atoms. The maximum absolute atomic E-state index is 5.40. The third-order valence-electron chi connectivity index (χ3n) is 1.58. The van der Waals surface area contributed by atoms with Crippen LogP contribution in [0.25, 0.3) is 0 Å². The Morgan fingerprint density at radius 3 is 1.79 bits per heavy atom. The molecule has 1 aliphatic rings. The van der Waals surface area contributed by atoms with E-state index in [1.807, 2.05) is 44.2 Å². The number of ether oxygens (including phenoxy) is 2. The van der Waals surface area contributed by atoms with Crippen LogP contribution in [0.15, 0.2) is 30.3 Å². The molecule has 0 aliphatic carbocycles. The number of benzene rings is 1. The zero-order chi connectivity index (χ0) is 14.9. The summed E-state index contributed by atoms with van der Waals surface area (Å²) < 4.78 is 10.4. The van der Waals surface area contributed by atoms with Crippen molar-refractivity contribution in [3.05, 3.63) is 30.3 Å². The Balaban J connectivity index is 0. The monoisotopic (exact) mass is 268 g/mol. The van der Waals surface area contributed by atoms with Crippen LogP contribution in [-0.4, -0.2) is 19.3 Å². The molecular formula is C17H32O2. The van der Waals surface area contributed by atoms with E-state index >= 15 is 0 Å². The van der Waals surface area contributed by atoms with E-state index in [4.69, 9.17) is 9.47 Å². The zero-order valence-electron chi connectivity index (χ0n) is 13.6. The SMILES string of the molecule is CC.CCC.CCC.c1ccc(OCC2CO2)cc1. The van der Waals surface area contributed by atoms with E-state index in [1.165, 1.54) is 12.8 Å².